The predicted octanol–water partition coefficient (Wildman–Crippen LogP) is 3.65. The highest BCUT2D eigenvalue weighted by molar-refractivity contribution is 5.91. The largest absolute Gasteiger partial charge is 0.423 e. The van der Waals surface area contributed by atoms with E-state index in [1.807, 2.05) is 48.7 Å². The summed E-state index contributed by atoms with van der Waals surface area (Å²) in [5.74, 6) is 0.189. The molecule has 3 rings (SSSR count). The molecule has 110 valence electrons. The summed E-state index contributed by atoms with van der Waals surface area (Å²) < 4.78 is 7.10. The molecule has 0 N–H and O–H groups in total. The van der Waals surface area contributed by atoms with Gasteiger partial charge in [0.1, 0.15) is 5.75 Å². The van der Waals surface area contributed by atoms with Gasteiger partial charge in [-0.25, -0.2) is 9.48 Å². The maximum atomic E-state index is 12.1. The average Bonchev–Trinajstić information content (AvgIpc) is 3.10. The van der Waals surface area contributed by atoms with E-state index in [9.17, 15) is 4.79 Å². The summed E-state index contributed by atoms with van der Waals surface area (Å²) in [6, 6.07) is 16.5. The lowest BCUT2D eigenvalue weighted by molar-refractivity contribution is 0.0735. The molecule has 2 aromatic carbocycles. The van der Waals surface area contributed by atoms with Crippen molar-refractivity contribution in [1.29, 1.82) is 0 Å². The summed E-state index contributed by atoms with van der Waals surface area (Å²) in [6.45, 7) is 2.09. The minimum absolute atomic E-state index is 0.365. The molecule has 1 aromatic heterocycles. The number of nitrogens with zero attached hydrogens (tertiary/aromatic N) is 2. The third-order valence-electron chi connectivity index (χ3n) is 3.41. The van der Waals surface area contributed by atoms with E-state index in [0.717, 1.165) is 12.1 Å². The normalized spacial score (nSPS) is 10.4. The molecule has 0 saturated carbocycles. The molecule has 0 saturated heterocycles. The van der Waals surface area contributed by atoms with E-state index in [1.165, 1.54) is 5.56 Å². The van der Waals surface area contributed by atoms with Gasteiger partial charge in [-0.2, -0.15) is 5.10 Å². The summed E-state index contributed by atoms with van der Waals surface area (Å²) in [5.41, 5.74) is 2.62. The number of hydrogen-bond acceptors (Lipinski definition) is 3. The Labute approximate surface area is 129 Å². The minimum Gasteiger partial charge on any atom is -0.423 e. The van der Waals surface area contributed by atoms with Gasteiger partial charge in [-0.1, -0.05) is 19.1 Å². The van der Waals surface area contributed by atoms with Crippen molar-refractivity contribution in [2.45, 2.75) is 13.3 Å². The van der Waals surface area contributed by atoms with Crippen molar-refractivity contribution in [3.8, 4) is 11.4 Å². The van der Waals surface area contributed by atoms with Crippen molar-refractivity contribution in [2.24, 2.45) is 0 Å². The Balaban J connectivity index is 1.71. The van der Waals surface area contributed by atoms with Crippen LogP contribution in [0.3, 0.4) is 0 Å². The van der Waals surface area contributed by atoms with Crippen molar-refractivity contribution < 1.29 is 9.53 Å². The number of rotatable bonds is 4. The van der Waals surface area contributed by atoms with Crippen LogP contribution in [0, 0.1) is 0 Å². The molecule has 4 nitrogen and oxygen atoms in total. The molecule has 0 amide bonds. The number of carbonyl (C=O) groups is 1. The van der Waals surface area contributed by atoms with Crippen molar-refractivity contribution in [2.75, 3.05) is 0 Å². The first kappa shape index (κ1) is 14.1. The van der Waals surface area contributed by atoms with Crippen LogP contribution >= 0.6 is 0 Å². The predicted molar refractivity (Wildman–Crippen MR) is 84.3 cm³/mol. The molecule has 0 aliphatic rings. The van der Waals surface area contributed by atoms with E-state index < -0.39 is 0 Å². The summed E-state index contributed by atoms with van der Waals surface area (Å²) in [7, 11) is 0. The molecule has 0 fully saturated rings. The summed E-state index contributed by atoms with van der Waals surface area (Å²) >= 11 is 0. The molecule has 0 radical (unpaired) electrons. The molecule has 0 spiro atoms. The standard InChI is InChI=1S/C18H16N2O2/c1-2-14-4-10-17(11-5-14)22-18(21)15-6-8-16(9-7-15)20-13-3-12-19-20/h3-13H,2H2,1H3. The van der Waals surface area contributed by atoms with Crippen LogP contribution < -0.4 is 4.74 Å². The van der Waals surface area contributed by atoms with Gasteiger partial charge < -0.3 is 4.74 Å². The third-order valence-corrected chi connectivity index (χ3v) is 3.41. The molecule has 0 aliphatic carbocycles. The molecule has 0 bridgehead atoms. The fourth-order valence-electron chi connectivity index (χ4n) is 2.13. The van der Waals surface area contributed by atoms with Gasteiger partial charge in [-0.3, -0.25) is 0 Å². The Hall–Kier alpha value is -2.88. The summed E-state index contributed by atoms with van der Waals surface area (Å²) in [6.07, 6.45) is 4.52. The minimum atomic E-state index is -0.365. The highest BCUT2D eigenvalue weighted by atomic mass is 16.5. The van der Waals surface area contributed by atoms with Gasteiger partial charge in [0.2, 0.25) is 0 Å². The first-order valence-electron chi connectivity index (χ1n) is 7.17. The zero-order valence-electron chi connectivity index (χ0n) is 12.3. The van der Waals surface area contributed by atoms with Gasteiger partial charge in [0.15, 0.2) is 0 Å². The molecule has 1 heterocycles. The maximum absolute atomic E-state index is 12.1. The molecule has 0 unspecified atom stereocenters. The first-order chi connectivity index (χ1) is 10.8. The number of hydrogen-bond donors (Lipinski definition) is 0. The van der Waals surface area contributed by atoms with E-state index in [1.54, 1.807) is 23.0 Å². The second-order valence-electron chi connectivity index (χ2n) is 4.88. The van der Waals surface area contributed by atoms with Crippen LogP contribution in [0.2, 0.25) is 0 Å². The van der Waals surface area contributed by atoms with Crippen LogP contribution in [0.5, 0.6) is 5.75 Å². The van der Waals surface area contributed by atoms with Gasteiger partial charge in [0.05, 0.1) is 11.3 Å². The van der Waals surface area contributed by atoms with Crippen LogP contribution in [-0.4, -0.2) is 15.7 Å². The van der Waals surface area contributed by atoms with Gasteiger partial charge in [0.25, 0.3) is 0 Å². The maximum Gasteiger partial charge on any atom is 0.343 e. The Bertz CT molecular complexity index is 745. The Morgan fingerprint density at radius 3 is 2.41 bits per heavy atom. The second kappa shape index (κ2) is 6.26. The van der Waals surface area contributed by atoms with Crippen molar-refractivity contribution in [3.05, 3.63) is 78.1 Å². The highest BCUT2D eigenvalue weighted by Gasteiger charge is 2.09. The number of benzene rings is 2. The zero-order chi connectivity index (χ0) is 15.4. The van der Waals surface area contributed by atoms with E-state index in [4.69, 9.17) is 4.74 Å². The second-order valence-corrected chi connectivity index (χ2v) is 4.88. The van der Waals surface area contributed by atoms with Gasteiger partial charge in [-0.05, 0) is 54.4 Å². The van der Waals surface area contributed by atoms with Crippen molar-refractivity contribution >= 4 is 5.97 Å². The smallest absolute Gasteiger partial charge is 0.343 e. The van der Waals surface area contributed by atoms with Crippen LogP contribution in [0.1, 0.15) is 22.8 Å². The van der Waals surface area contributed by atoms with E-state index in [-0.39, 0.29) is 5.97 Å². The number of carbonyl (C=O) groups excluding carboxylic acids is 1. The van der Waals surface area contributed by atoms with Crippen LogP contribution in [0.15, 0.2) is 67.0 Å². The lowest BCUT2D eigenvalue weighted by Gasteiger charge is -2.06. The fourth-order valence-corrected chi connectivity index (χ4v) is 2.13. The molecule has 22 heavy (non-hydrogen) atoms. The van der Waals surface area contributed by atoms with Crippen LogP contribution in [0.25, 0.3) is 5.69 Å². The quantitative estimate of drug-likeness (QED) is 0.544. The molecule has 0 atom stereocenters. The lowest BCUT2D eigenvalue weighted by atomic mass is 10.2. The van der Waals surface area contributed by atoms with Crippen molar-refractivity contribution in [1.82, 2.24) is 9.78 Å². The number of esters is 1. The van der Waals surface area contributed by atoms with Gasteiger partial charge in [-0.15, -0.1) is 0 Å². The number of ether oxygens (including phenoxy) is 1. The van der Waals surface area contributed by atoms with Crippen LogP contribution in [-0.2, 0) is 6.42 Å². The third kappa shape index (κ3) is 3.06. The van der Waals surface area contributed by atoms with Gasteiger partial charge >= 0.3 is 5.97 Å². The molecule has 4 heteroatoms. The monoisotopic (exact) mass is 292 g/mol. The highest BCUT2D eigenvalue weighted by Crippen LogP contribution is 2.15. The Morgan fingerprint density at radius 2 is 1.82 bits per heavy atom. The Morgan fingerprint density at radius 1 is 1.09 bits per heavy atom. The summed E-state index contributed by atoms with van der Waals surface area (Å²) in [5, 5.41) is 4.15. The molecular formula is C18H16N2O2. The molecule has 3 aromatic rings. The van der Waals surface area contributed by atoms with E-state index in [2.05, 4.69) is 12.0 Å². The average molecular weight is 292 g/mol. The zero-order valence-corrected chi connectivity index (χ0v) is 12.3. The lowest BCUT2D eigenvalue weighted by Crippen LogP contribution is -2.08. The van der Waals surface area contributed by atoms with Crippen molar-refractivity contribution in [3.63, 3.8) is 0 Å². The van der Waals surface area contributed by atoms with E-state index >= 15 is 0 Å². The number of aromatic nitrogens is 2. The Kier molecular flexibility index (Phi) is 4.01. The SMILES string of the molecule is CCc1ccc(OC(=O)c2ccc(-n3cccn3)cc2)cc1. The fraction of sp³-hybridized carbons (Fsp3) is 0.111. The van der Waals surface area contributed by atoms with Crippen LogP contribution in [0.4, 0.5) is 0 Å². The van der Waals surface area contributed by atoms with E-state index in [0.29, 0.717) is 11.3 Å². The topological polar surface area (TPSA) is 44.1 Å². The first-order valence-corrected chi connectivity index (χ1v) is 7.17. The van der Waals surface area contributed by atoms with Gasteiger partial charge in [0, 0.05) is 12.4 Å². The molecular weight excluding hydrogens is 276 g/mol. The number of aryl methyl sites for hydroxylation is 1. The summed E-state index contributed by atoms with van der Waals surface area (Å²) in [4.78, 5) is 12.1. The molecule has 0 aliphatic heterocycles.